The van der Waals surface area contributed by atoms with Crippen LogP contribution in [0.4, 0.5) is 10.2 Å². The Morgan fingerprint density at radius 3 is 2.70 bits per heavy atom. The molecule has 4 nitrogen and oxygen atoms in total. The van der Waals surface area contributed by atoms with E-state index in [0.29, 0.717) is 15.6 Å². The van der Waals surface area contributed by atoms with E-state index in [1.807, 2.05) is 0 Å². The first-order valence-electron chi connectivity index (χ1n) is 6.59. The van der Waals surface area contributed by atoms with Gasteiger partial charge < -0.3 is 5.32 Å². The van der Waals surface area contributed by atoms with Crippen molar-refractivity contribution >= 4 is 46.5 Å². The van der Waals surface area contributed by atoms with Gasteiger partial charge in [0.2, 0.25) is 5.91 Å². The first-order valence-corrected chi connectivity index (χ1v) is 7.72. The van der Waals surface area contributed by atoms with E-state index < -0.39 is 5.82 Å². The topological polar surface area (TPSA) is 45.2 Å². The lowest BCUT2D eigenvalue weighted by atomic mass is 10.2. The van der Waals surface area contributed by atoms with Crippen LogP contribution in [-0.2, 0) is 11.3 Å². The Labute approximate surface area is 148 Å². The van der Waals surface area contributed by atoms with E-state index in [2.05, 4.69) is 10.3 Å². The van der Waals surface area contributed by atoms with Crippen molar-refractivity contribution in [2.24, 2.45) is 0 Å². The van der Waals surface area contributed by atoms with Crippen LogP contribution >= 0.6 is 34.8 Å². The SMILES string of the molecule is CN(CC(=O)Nc1ncc(Cl)cc1Cl)Cc1c(F)cccc1Cl. The van der Waals surface area contributed by atoms with Crippen LogP contribution in [0, 0.1) is 5.82 Å². The highest BCUT2D eigenvalue weighted by molar-refractivity contribution is 6.36. The van der Waals surface area contributed by atoms with Crippen LogP contribution in [-0.4, -0.2) is 29.4 Å². The average molecular weight is 377 g/mol. The third kappa shape index (κ3) is 5.04. The van der Waals surface area contributed by atoms with Gasteiger partial charge in [-0.15, -0.1) is 0 Å². The monoisotopic (exact) mass is 375 g/mol. The van der Waals surface area contributed by atoms with E-state index in [1.165, 1.54) is 24.4 Å². The van der Waals surface area contributed by atoms with Gasteiger partial charge in [-0.1, -0.05) is 40.9 Å². The highest BCUT2D eigenvalue weighted by Gasteiger charge is 2.14. The number of benzene rings is 1. The molecule has 0 atom stereocenters. The summed E-state index contributed by atoms with van der Waals surface area (Å²) >= 11 is 17.6. The molecule has 0 saturated carbocycles. The van der Waals surface area contributed by atoms with Crippen molar-refractivity contribution in [3.63, 3.8) is 0 Å². The average Bonchev–Trinajstić information content (AvgIpc) is 2.46. The summed E-state index contributed by atoms with van der Waals surface area (Å²) in [5.41, 5.74) is 0.340. The number of nitrogens with zero attached hydrogens (tertiary/aromatic N) is 2. The second-order valence-corrected chi connectivity index (χ2v) is 6.16. The fourth-order valence-corrected chi connectivity index (χ4v) is 2.58. The number of rotatable bonds is 5. The molecule has 2 aromatic rings. The Morgan fingerprint density at radius 2 is 2.04 bits per heavy atom. The lowest BCUT2D eigenvalue weighted by molar-refractivity contribution is -0.117. The molecule has 0 aliphatic carbocycles. The molecule has 2 rings (SSSR count). The van der Waals surface area contributed by atoms with Gasteiger partial charge in [-0.25, -0.2) is 9.37 Å². The summed E-state index contributed by atoms with van der Waals surface area (Å²) in [6.07, 6.45) is 1.38. The molecule has 1 aromatic heterocycles. The van der Waals surface area contributed by atoms with Crippen LogP contribution in [0.5, 0.6) is 0 Å². The Bertz CT molecular complexity index is 707. The zero-order chi connectivity index (χ0) is 17.0. The van der Waals surface area contributed by atoms with Crippen molar-refractivity contribution in [1.29, 1.82) is 0 Å². The van der Waals surface area contributed by atoms with Gasteiger partial charge >= 0.3 is 0 Å². The fourth-order valence-electron chi connectivity index (χ4n) is 1.93. The number of halogens is 4. The first kappa shape index (κ1) is 17.9. The highest BCUT2D eigenvalue weighted by Crippen LogP contribution is 2.23. The minimum atomic E-state index is -0.410. The predicted octanol–water partition coefficient (Wildman–Crippen LogP) is 4.25. The third-order valence-corrected chi connectivity index (χ3v) is 3.82. The predicted molar refractivity (Wildman–Crippen MR) is 90.6 cm³/mol. The van der Waals surface area contributed by atoms with Crippen LogP contribution in [0.1, 0.15) is 5.56 Å². The Morgan fingerprint density at radius 1 is 1.30 bits per heavy atom. The molecule has 0 aliphatic rings. The molecule has 122 valence electrons. The van der Waals surface area contributed by atoms with Gasteiger partial charge in [0, 0.05) is 23.3 Å². The maximum Gasteiger partial charge on any atom is 0.239 e. The van der Waals surface area contributed by atoms with Gasteiger partial charge in [0.1, 0.15) is 5.82 Å². The largest absolute Gasteiger partial charge is 0.308 e. The number of pyridine rings is 1. The van der Waals surface area contributed by atoms with Gasteiger partial charge in [-0.3, -0.25) is 9.69 Å². The minimum absolute atomic E-state index is 0.0191. The number of likely N-dealkylation sites (N-methyl/N-ethyl adjacent to an activating group) is 1. The summed E-state index contributed by atoms with van der Waals surface area (Å²) in [6, 6.07) is 5.94. The van der Waals surface area contributed by atoms with E-state index in [0.717, 1.165) is 0 Å². The zero-order valence-corrected chi connectivity index (χ0v) is 14.4. The maximum atomic E-state index is 13.7. The van der Waals surface area contributed by atoms with Crippen LogP contribution in [0.2, 0.25) is 15.1 Å². The number of hydrogen-bond donors (Lipinski definition) is 1. The highest BCUT2D eigenvalue weighted by atomic mass is 35.5. The normalized spacial score (nSPS) is 10.9. The second-order valence-electron chi connectivity index (χ2n) is 4.90. The lowest BCUT2D eigenvalue weighted by Gasteiger charge is -2.17. The number of anilines is 1. The molecule has 0 fully saturated rings. The van der Waals surface area contributed by atoms with Crippen molar-refractivity contribution in [2.75, 3.05) is 18.9 Å². The molecule has 0 aliphatic heterocycles. The summed E-state index contributed by atoms with van der Waals surface area (Å²) in [4.78, 5) is 17.6. The van der Waals surface area contributed by atoms with E-state index in [1.54, 1.807) is 18.0 Å². The minimum Gasteiger partial charge on any atom is -0.308 e. The van der Waals surface area contributed by atoms with E-state index in [4.69, 9.17) is 34.8 Å². The summed E-state index contributed by atoms with van der Waals surface area (Å²) < 4.78 is 13.7. The molecule has 23 heavy (non-hydrogen) atoms. The molecule has 1 amide bonds. The van der Waals surface area contributed by atoms with Gasteiger partial charge in [0.15, 0.2) is 5.82 Å². The fraction of sp³-hybridized carbons (Fsp3) is 0.200. The van der Waals surface area contributed by atoms with Crippen LogP contribution in [0.3, 0.4) is 0 Å². The van der Waals surface area contributed by atoms with Crippen molar-refractivity contribution in [1.82, 2.24) is 9.88 Å². The number of carbonyl (C=O) groups is 1. The summed E-state index contributed by atoms with van der Waals surface area (Å²) in [5.74, 6) is -0.526. The van der Waals surface area contributed by atoms with Crippen molar-refractivity contribution in [2.45, 2.75) is 6.54 Å². The summed E-state index contributed by atoms with van der Waals surface area (Å²) in [5, 5.41) is 3.51. The van der Waals surface area contributed by atoms with Gasteiger partial charge in [0.05, 0.1) is 16.6 Å². The standard InChI is InChI=1S/C15H13Cl3FN3O/c1-22(7-10-11(17)3-2-4-13(10)19)8-14(23)21-15-12(18)5-9(16)6-20-15/h2-6H,7-8H2,1H3,(H,20,21,23). The summed E-state index contributed by atoms with van der Waals surface area (Å²) in [6.45, 7) is 0.214. The van der Waals surface area contributed by atoms with E-state index in [-0.39, 0.29) is 29.8 Å². The number of nitrogens with one attached hydrogen (secondary N) is 1. The molecular weight excluding hydrogens is 364 g/mol. The Balaban J connectivity index is 1.97. The number of carbonyl (C=O) groups excluding carboxylic acids is 1. The zero-order valence-electron chi connectivity index (χ0n) is 12.1. The van der Waals surface area contributed by atoms with Gasteiger partial charge in [0.25, 0.3) is 0 Å². The molecule has 0 radical (unpaired) electrons. The van der Waals surface area contributed by atoms with Gasteiger partial charge in [-0.05, 0) is 25.2 Å². The van der Waals surface area contributed by atoms with Crippen molar-refractivity contribution < 1.29 is 9.18 Å². The van der Waals surface area contributed by atoms with Crippen LogP contribution < -0.4 is 5.32 Å². The number of hydrogen-bond acceptors (Lipinski definition) is 3. The molecule has 1 N–H and O–H groups in total. The second kappa shape index (κ2) is 7.93. The van der Waals surface area contributed by atoms with Crippen LogP contribution in [0.15, 0.2) is 30.5 Å². The smallest absolute Gasteiger partial charge is 0.239 e. The van der Waals surface area contributed by atoms with E-state index in [9.17, 15) is 9.18 Å². The van der Waals surface area contributed by atoms with Gasteiger partial charge in [-0.2, -0.15) is 0 Å². The molecule has 1 heterocycles. The van der Waals surface area contributed by atoms with E-state index >= 15 is 0 Å². The molecule has 1 aromatic carbocycles. The first-order chi connectivity index (χ1) is 10.9. The maximum absolute atomic E-state index is 13.7. The van der Waals surface area contributed by atoms with Crippen molar-refractivity contribution in [3.05, 3.63) is 56.9 Å². The molecular formula is C15H13Cl3FN3O. The lowest BCUT2D eigenvalue weighted by Crippen LogP contribution is -2.30. The number of amides is 1. The molecule has 0 spiro atoms. The number of aromatic nitrogens is 1. The quantitative estimate of drug-likeness (QED) is 0.848. The molecule has 0 unspecified atom stereocenters. The third-order valence-electron chi connectivity index (χ3n) is 2.97. The Hall–Kier alpha value is -1.40. The Kier molecular flexibility index (Phi) is 6.18. The van der Waals surface area contributed by atoms with Crippen LogP contribution in [0.25, 0.3) is 0 Å². The summed E-state index contributed by atoms with van der Waals surface area (Å²) in [7, 11) is 1.68. The molecule has 0 saturated heterocycles. The van der Waals surface area contributed by atoms with Crippen molar-refractivity contribution in [3.8, 4) is 0 Å². The molecule has 0 bridgehead atoms. The molecule has 8 heteroatoms.